The maximum atomic E-state index is 12.4. The van der Waals surface area contributed by atoms with E-state index in [1.165, 1.54) is 0 Å². The molecule has 0 fully saturated rings. The van der Waals surface area contributed by atoms with Crippen molar-refractivity contribution in [1.82, 2.24) is 4.90 Å². The van der Waals surface area contributed by atoms with Crippen LogP contribution in [0.5, 0.6) is 0 Å². The van der Waals surface area contributed by atoms with Gasteiger partial charge >= 0.3 is 0 Å². The second-order valence-electron chi connectivity index (χ2n) is 5.02. The van der Waals surface area contributed by atoms with E-state index in [1.807, 2.05) is 42.5 Å². The highest BCUT2D eigenvalue weighted by Crippen LogP contribution is 2.31. The van der Waals surface area contributed by atoms with Crippen LogP contribution in [0, 0.1) is 0 Å². The molecule has 0 spiro atoms. The maximum Gasteiger partial charge on any atom is 0.258 e. The van der Waals surface area contributed by atoms with Crippen molar-refractivity contribution in [3.63, 3.8) is 0 Å². The summed E-state index contributed by atoms with van der Waals surface area (Å²) in [5.41, 5.74) is 3.95. The molecule has 0 bridgehead atoms. The molecule has 1 amide bonds. The zero-order chi connectivity index (χ0) is 14.8. The Morgan fingerprint density at radius 1 is 1.00 bits per heavy atom. The number of hydrogen-bond donors (Lipinski definition) is 0. The number of carbonyl (C=O) groups is 2. The fraction of sp³-hybridized carbons (Fsp3) is 0.111. The number of nitrogens with zero attached hydrogens (tertiary/aromatic N) is 1. The Hall–Kier alpha value is -2.68. The summed E-state index contributed by atoms with van der Waals surface area (Å²) >= 11 is 0. The van der Waals surface area contributed by atoms with E-state index in [4.69, 9.17) is 0 Å². The maximum absolute atomic E-state index is 12.4. The van der Waals surface area contributed by atoms with Crippen LogP contribution in [0.15, 0.2) is 55.1 Å². The van der Waals surface area contributed by atoms with Gasteiger partial charge in [-0.3, -0.25) is 9.59 Å². The molecule has 3 nitrogen and oxygen atoms in total. The van der Waals surface area contributed by atoms with Crippen molar-refractivity contribution < 1.29 is 9.59 Å². The van der Waals surface area contributed by atoms with Gasteiger partial charge in [-0.15, -0.1) is 0 Å². The highest BCUT2D eigenvalue weighted by Gasteiger charge is 2.30. The van der Waals surface area contributed by atoms with Crippen molar-refractivity contribution in [1.29, 1.82) is 0 Å². The zero-order valence-corrected chi connectivity index (χ0v) is 11.6. The smallest absolute Gasteiger partial charge is 0.258 e. The first kappa shape index (κ1) is 13.3. The predicted octanol–water partition coefficient (Wildman–Crippen LogP) is 3.17. The van der Waals surface area contributed by atoms with Gasteiger partial charge in [0, 0.05) is 28.9 Å². The summed E-state index contributed by atoms with van der Waals surface area (Å²) in [6, 6.07) is 14.9. The van der Waals surface area contributed by atoms with Crippen LogP contribution >= 0.6 is 0 Å². The average molecular weight is 277 g/mol. The average Bonchev–Trinajstić information content (AvgIpc) is 2.78. The molecule has 0 atom stereocenters. The largest absolute Gasteiger partial charge is 0.308 e. The van der Waals surface area contributed by atoms with Crippen molar-refractivity contribution >= 4 is 17.9 Å². The van der Waals surface area contributed by atoms with E-state index in [0.29, 0.717) is 24.1 Å². The van der Waals surface area contributed by atoms with Gasteiger partial charge in [0.05, 0.1) is 0 Å². The lowest BCUT2D eigenvalue weighted by molar-refractivity contribution is 0.0852. The Morgan fingerprint density at radius 2 is 1.67 bits per heavy atom. The summed E-state index contributed by atoms with van der Waals surface area (Å²) in [4.78, 5) is 25.1. The van der Waals surface area contributed by atoms with Crippen molar-refractivity contribution in [2.45, 2.75) is 6.42 Å². The molecule has 0 saturated carbocycles. The van der Waals surface area contributed by atoms with Crippen LogP contribution in [-0.4, -0.2) is 23.6 Å². The zero-order valence-electron chi connectivity index (χ0n) is 11.6. The molecule has 0 aromatic heterocycles. The van der Waals surface area contributed by atoms with Crippen molar-refractivity contribution in [2.24, 2.45) is 0 Å². The molecule has 1 aliphatic heterocycles. The quantitative estimate of drug-likeness (QED) is 0.805. The van der Waals surface area contributed by atoms with Gasteiger partial charge in [0.1, 0.15) is 6.29 Å². The van der Waals surface area contributed by atoms with Crippen LogP contribution in [0.25, 0.3) is 5.70 Å². The predicted molar refractivity (Wildman–Crippen MR) is 82.0 cm³/mol. The lowest BCUT2D eigenvalue weighted by Gasteiger charge is -2.17. The second kappa shape index (κ2) is 5.37. The van der Waals surface area contributed by atoms with E-state index < -0.39 is 0 Å². The SMILES string of the molecule is C=C1c2ccccc2C(=O)N1CCc1ccccc1C=O. The molecule has 104 valence electrons. The minimum atomic E-state index is -0.0146. The first-order valence-corrected chi connectivity index (χ1v) is 6.85. The minimum Gasteiger partial charge on any atom is -0.308 e. The third-order valence-corrected chi connectivity index (χ3v) is 3.83. The van der Waals surface area contributed by atoms with Gasteiger partial charge in [0.15, 0.2) is 0 Å². The van der Waals surface area contributed by atoms with Crippen molar-refractivity contribution in [3.8, 4) is 0 Å². The molecular formula is C18H15NO2. The van der Waals surface area contributed by atoms with E-state index >= 15 is 0 Å². The summed E-state index contributed by atoms with van der Waals surface area (Å²) < 4.78 is 0. The molecule has 21 heavy (non-hydrogen) atoms. The molecule has 2 aromatic rings. The number of aldehydes is 1. The number of rotatable bonds is 4. The van der Waals surface area contributed by atoms with Crippen molar-refractivity contribution in [3.05, 3.63) is 77.4 Å². The molecule has 0 N–H and O–H groups in total. The molecule has 0 saturated heterocycles. The summed E-state index contributed by atoms with van der Waals surface area (Å²) in [7, 11) is 0. The van der Waals surface area contributed by atoms with E-state index in [1.54, 1.807) is 11.0 Å². The second-order valence-corrected chi connectivity index (χ2v) is 5.02. The lowest BCUT2D eigenvalue weighted by atomic mass is 10.1. The van der Waals surface area contributed by atoms with E-state index in [2.05, 4.69) is 6.58 Å². The van der Waals surface area contributed by atoms with Gasteiger partial charge in [-0.2, -0.15) is 0 Å². The Labute approximate surface area is 123 Å². The van der Waals surface area contributed by atoms with Crippen LogP contribution in [0.3, 0.4) is 0 Å². The molecule has 0 aliphatic carbocycles. The molecule has 0 radical (unpaired) electrons. The standard InChI is InChI=1S/C18H15NO2/c1-13-16-8-4-5-9-17(16)18(21)19(13)11-10-14-6-2-3-7-15(14)12-20/h2-9,12H,1,10-11H2. The third kappa shape index (κ3) is 2.27. The minimum absolute atomic E-state index is 0.0146. The summed E-state index contributed by atoms with van der Waals surface area (Å²) in [6.45, 7) is 4.54. The summed E-state index contributed by atoms with van der Waals surface area (Å²) in [5.74, 6) is -0.0146. The Morgan fingerprint density at radius 3 is 2.38 bits per heavy atom. The van der Waals surface area contributed by atoms with Crippen LogP contribution in [0.4, 0.5) is 0 Å². The normalized spacial score (nSPS) is 13.4. The number of hydrogen-bond acceptors (Lipinski definition) is 2. The van der Waals surface area contributed by atoms with Gasteiger partial charge in [0.2, 0.25) is 0 Å². The number of carbonyl (C=O) groups excluding carboxylic acids is 2. The molecule has 1 aliphatic rings. The Kier molecular flexibility index (Phi) is 3.40. The molecular weight excluding hydrogens is 262 g/mol. The molecule has 3 heteroatoms. The summed E-state index contributed by atoms with van der Waals surface area (Å²) in [5, 5.41) is 0. The summed E-state index contributed by atoms with van der Waals surface area (Å²) in [6.07, 6.45) is 1.48. The van der Waals surface area contributed by atoms with E-state index in [9.17, 15) is 9.59 Å². The Balaban J connectivity index is 1.80. The van der Waals surface area contributed by atoms with Crippen LogP contribution in [-0.2, 0) is 6.42 Å². The third-order valence-electron chi connectivity index (χ3n) is 3.83. The van der Waals surface area contributed by atoms with Gasteiger partial charge in [-0.1, -0.05) is 49.0 Å². The monoisotopic (exact) mass is 277 g/mol. The number of amides is 1. The molecule has 2 aromatic carbocycles. The van der Waals surface area contributed by atoms with Crippen LogP contribution < -0.4 is 0 Å². The first-order valence-electron chi connectivity index (χ1n) is 6.85. The lowest BCUT2D eigenvalue weighted by Crippen LogP contribution is -2.25. The van der Waals surface area contributed by atoms with Crippen LogP contribution in [0.2, 0.25) is 0 Å². The molecule has 3 rings (SSSR count). The molecule has 1 heterocycles. The number of benzene rings is 2. The highest BCUT2D eigenvalue weighted by molar-refractivity contribution is 6.08. The van der Waals surface area contributed by atoms with Crippen LogP contribution in [0.1, 0.15) is 31.8 Å². The number of fused-ring (bicyclic) bond motifs is 1. The molecule has 0 unspecified atom stereocenters. The van der Waals surface area contributed by atoms with Gasteiger partial charge in [-0.05, 0) is 18.1 Å². The highest BCUT2D eigenvalue weighted by atomic mass is 16.2. The topological polar surface area (TPSA) is 37.4 Å². The van der Waals surface area contributed by atoms with Gasteiger partial charge < -0.3 is 4.90 Å². The first-order chi connectivity index (χ1) is 10.2. The van der Waals surface area contributed by atoms with E-state index in [-0.39, 0.29) is 5.91 Å². The van der Waals surface area contributed by atoms with E-state index in [0.717, 1.165) is 23.1 Å². The van der Waals surface area contributed by atoms with Gasteiger partial charge in [-0.25, -0.2) is 0 Å². The van der Waals surface area contributed by atoms with Crippen molar-refractivity contribution in [2.75, 3.05) is 6.54 Å². The fourth-order valence-electron chi connectivity index (χ4n) is 2.68. The Bertz CT molecular complexity index is 699. The fourth-order valence-corrected chi connectivity index (χ4v) is 2.68. The van der Waals surface area contributed by atoms with Gasteiger partial charge in [0.25, 0.3) is 5.91 Å².